The maximum absolute atomic E-state index is 12.1. The van der Waals surface area contributed by atoms with Crippen molar-refractivity contribution >= 4 is 5.91 Å². The van der Waals surface area contributed by atoms with Gasteiger partial charge in [-0.05, 0) is 55.0 Å². The Hall–Kier alpha value is -2.61. The molecule has 1 heterocycles. The molecule has 1 amide bonds. The van der Waals surface area contributed by atoms with Gasteiger partial charge in [-0.3, -0.25) is 4.79 Å². The number of likely N-dealkylation sites (tertiary alicyclic amines) is 1. The number of piperidine rings is 1. The maximum atomic E-state index is 12.1. The summed E-state index contributed by atoms with van der Waals surface area (Å²) in [5, 5.41) is 9.04. The molecule has 0 radical (unpaired) electrons. The molecule has 2 aromatic rings. The minimum Gasteiger partial charge on any atom is -0.394 e. The molecule has 1 aliphatic heterocycles. The second-order valence-electron chi connectivity index (χ2n) is 7.08. The van der Waals surface area contributed by atoms with Crippen molar-refractivity contribution in [2.75, 3.05) is 19.7 Å². The average Bonchev–Trinajstić information content (AvgIpc) is 2.73. The number of hydrogen-bond acceptors (Lipinski definition) is 3. The summed E-state index contributed by atoms with van der Waals surface area (Å²) in [4.78, 5) is 13.8. The number of carbonyl (C=O) groups excluding carboxylic acids is 1. The van der Waals surface area contributed by atoms with Crippen LogP contribution in [-0.4, -0.2) is 41.7 Å². The number of benzene rings is 2. The Bertz CT molecular complexity index is 815. The lowest BCUT2D eigenvalue weighted by Gasteiger charge is -2.33. The first kappa shape index (κ1) is 19.2. The van der Waals surface area contributed by atoms with E-state index in [1.165, 1.54) is 5.56 Å². The summed E-state index contributed by atoms with van der Waals surface area (Å²) in [6.45, 7) is 1.13. The fourth-order valence-electron chi connectivity index (χ4n) is 3.45. The van der Waals surface area contributed by atoms with Crippen molar-refractivity contribution in [1.82, 2.24) is 4.90 Å². The lowest BCUT2D eigenvalue weighted by atomic mass is 9.89. The first-order valence-corrected chi connectivity index (χ1v) is 9.47. The molecular weight excluding hydrogens is 336 g/mol. The quantitative estimate of drug-likeness (QED) is 0.820. The van der Waals surface area contributed by atoms with E-state index in [9.17, 15) is 4.79 Å². The van der Waals surface area contributed by atoms with Crippen molar-refractivity contribution < 1.29 is 9.90 Å². The normalized spacial score (nSPS) is 15.7. The third-order valence-corrected chi connectivity index (χ3v) is 5.02. The van der Waals surface area contributed by atoms with Crippen molar-refractivity contribution in [2.24, 2.45) is 11.7 Å². The second kappa shape index (κ2) is 9.36. The summed E-state index contributed by atoms with van der Waals surface area (Å²) in [5.74, 6) is 6.85. The first-order chi connectivity index (χ1) is 13.2. The molecule has 1 saturated heterocycles. The van der Waals surface area contributed by atoms with E-state index < -0.39 is 6.04 Å². The molecule has 4 heteroatoms. The molecule has 2 aromatic carbocycles. The van der Waals surface area contributed by atoms with Gasteiger partial charge in [0.25, 0.3) is 0 Å². The van der Waals surface area contributed by atoms with Gasteiger partial charge in [-0.25, -0.2) is 0 Å². The van der Waals surface area contributed by atoms with E-state index in [-0.39, 0.29) is 12.5 Å². The number of nitrogens with zero attached hydrogens (tertiary/aromatic N) is 1. The molecule has 3 N–H and O–H groups in total. The predicted octanol–water partition coefficient (Wildman–Crippen LogP) is 2.19. The van der Waals surface area contributed by atoms with Gasteiger partial charge in [0.15, 0.2) is 0 Å². The lowest BCUT2D eigenvalue weighted by molar-refractivity contribution is -0.134. The molecule has 4 nitrogen and oxygen atoms in total. The Morgan fingerprint density at radius 2 is 1.74 bits per heavy atom. The summed E-state index contributed by atoms with van der Waals surface area (Å²) in [6.07, 6.45) is 2.92. The van der Waals surface area contributed by atoms with E-state index in [4.69, 9.17) is 10.8 Å². The van der Waals surface area contributed by atoms with Crippen molar-refractivity contribution in [2.45, 2.75) is 25.3 Å². The SMILES string of the molecule is NC(CO)C(=O)N1CCC(Cc2cccc(C#Cc3ccccc3)c2)CC1. The van der Waals surface area contributed by atoms with E-state index in [0.717, 1.165) is 30.4 Å². The summed E-state index contributed by atoms with van der Waals surface area (Å²) < 4.78 is 0. The maximum Gasteiger partial charge on any atom is 0.241 e. The Balaban J connectivity index is 1.56. The molecule has 0 aromatic heterocycles. The third-order valence-electron chi connectivity index (χ3n) is 5.02. The smallest absolute Gasteiger partial charge is 0.241 e. The lowest BCUT2D eigenvalue weighted by Crippen LogP contribution is -2.48. The zero-order chi connectivity index (χ0) is 19.1. The van der Waals surface area contributed by atoms with Crippen molar-refractivity contribution in [3.05, 3.63) is 71.3 Å². The van der Waals surface area contributed by atoms with Gasteiger partial charge in [-0.15, -0.1) is 0 Å². The van der Waals surface area contributed by atoms with Crippen molar-refractivity contribution in [3.8, 4) is 11.8 Å². The summed E-state index contributed by atoms with van der Waals surface area (Å²) in [7, 11) is 0. The van der Waals surface area contributed by atoms with E-state index in [2.05, 4.69) is 30.0 Å². The Morgan fingerprint density at radius 3 is 2.44 bits per heavy atom. The van der Waals surface area contributed by atoms with Crippen LogP contribution in [0.25, 0.3) is 0 Å². The van der Waals surface area contributed by atoms with Gasteiger partial charge in [-0.2, -0.15) is 0 Å². The monoisotopic (exact) mass is 362 g/mol. The van der Waals surface area contributed by atoms with Crippen LogP contribution in [0.5, 0.6) is 0 Å². The second-order valence-corrected chi connectivity index (χ2v) is 7.08. The van der Waals surface area contributed by atoms with Crippen LogP contribution in [0.3, 0.4) is 0 Å². The van der Waals surface area contributed by atoms with Crippen LogP contribution in [0.1, 0.15) is 29.5 Å². The molecule has 1 fully saturated rings. The highest BCUT2D eigenvalue weighted by molar-refractivity contribution is 5.81. The van der Waals surface area contributed by atoms with Gasteiger partial charge in [0.05, 0.1) is 6.61 Å². The average molecular weight is 362 g/mol. The minimum atomic E-state index is -0.790. The number of rotatable bonds is 4. The van der Waals surface area contributed by atoms with Gasteiger partial charge < -0.3 is 15.7 Å². The number of carbonyl (C=O) groups is 1. The molecule has 0 spiro atoms. The topological polar surface area (TPSA) is 66.6 Å². The van der Waals surface area contributed by atoms with Crippen molar-refractivity contribution in [1.29, 1.82) is 0 Å². The van der Waals surface area contributed by atoms with Crippen LogP contribution < -0.4 is 5.73 Å². The van der Waals surface area contributed by atoms with E-state index in [1.54, 1.807) is 4.90 Å². The van der Waals surface area contributed by atoms with Crippen LogP contribution in [0.4, 0.5) is 0 Å². The first-order valence-electron chi connectivity index (χ1n) is 9.47. The largest absolute Gasteiger partial charge is 0.394 e. The molecule has 1 aliphatic rings. The minimum absolute atomic E-state index is 0.144. The molecule has 1 unspecified atom stereocenters. The van der Waals surface area contributed by atoms with E-state index >= 15 is 0 Å². The van der Waals surface area contributed by atoms with E-state index in [0.29, 0.717) is 19.0 Å². The van der Waals surface area contributed by atoms with E-state index in [1.807, 2.05) is 36.4 Å². The predicted molar refractivity (Wildman–Crippen MR) is 107 cm³/mol. The third kappa shape index (κ3) is 5.43. The highest BCUT2D eigenvalue weighted by Gasteiger charge is 2.25. The summed E-state index contributed by atoms with van der Waals surface area (Å²) in [6, 6.07) is 17.6. The van der Waals surface area contributed by atoms with Gasteiger partial charge in [0.1, 0.15) is 6.04 Å². The van der Waals surface area contributed by atoms with Gasteiger partial charge in [-0.1, -0.05) is 42.2 Å². The van der Waals surface area contributed by atoms with Gasteiger partial charge in [0.2, 0.25) is 5.91 Å². The van der Waals surface area contributed by atoms with Crippen LogP contribution in [0.15, 0.2) is 54.6 Å². The Morgan fingerprint density at radius 1 is 1.07 bits per heavy atom. The van der Waals surface area contributed by atoms with Crippen molar-refractivity contribution in [3.63, 3.8) is 0 Å². The summed E-state index contributed by atoms with van der Waals surface area (Å²) in [5.41, 5.74) is 8.96. The number of hydrogen-bond donors (Lipinski definition) is 2. The standard InChI is InChI=1S/C23H26N2O2/c24-22(17-26)23(27)25-13-11-20(12-14-25)16-21-8-4-7-19(15-21)10-9-18-5-2-1-3-6-18/h1-8,15,20,22,26H,11-14,16-17,24H2. The molecule has 3 rings (SSSR count). The molecule has 27 heavy (non-hydrogen) atoms. The van der Waals surface area contributed by atoms with Gasteiger partial charge in [0, 0.05) is 24.2 Å². The zero-order valence-corrected chi connectivity index (χ0v) is 15.5. The summed E-state index contributed by atoms with van der Waals surface area (Å²) >= 11 is 0. The number of aliphatic hydroxyl groups is 1. The zero-order valence-electron chi connectivity index (χ0n) is 15.5. The fraction of sp³-hybridized carbons (Fsp3) is 0.348. The number of aliphatic hydroxyl groups excluding tert-OH is 1. The molecular formula is C23H26N2O2. The van der Waals surface area contributed by atoms with Crippen LogP contribution in [0.2, 0.25) is 0 Å². The molecule has 0 saturated carbocycles. The fourth-order valence-corrected chi connectivity index (χ4v) is 3.45. The van der Waals surface area contributed by atoms with Crippen LogP contribution in [0, 0.1) is 17.8 Å². The molecule has 0 aliphatic carbocycles. The highest BCUT2D eigenvalue weighted by Crippen LogP contribution is 2.22. The van der Waals surface area contributed by atoms with Crippen LogP contribution in [-0.2, 0) is 11.2 Å². The van der Waals surface area contributed by atoms with Crippen LogP contribution >= 0.6 is 0 Å². The Kier molecular flexibility index (Phi) is 6.64. The number of nitrogens with two attached hydrogens (primary N) is 1. The highest BCUT2D eigenvalue weighted by atomic mass is 16.3. The Labute approximate surface area is 161 Å². The molecule has 1 atom stereocenters. The molecule has 0 bridgehead atoms. The van der Waals surface area contributed by atoms with Gasteiger partial charge >= 0.3 is 0 Å². The number of amides is 1. The molecule has 140 valence electrons.